The number of hydrogen-bond donors (Lipinski definition) is 1. The second-order valence-electron chi connectivity index (χ2n) is 4.60. The Hall–Kier alpha value is -1.92. The largest absolute Gasteiger partial charge is 0.497 e. The van der Waals surface area contributed by atoms with Crippen molar-refractivity contribution >= 4 is 17.2 Å². The highest BCUT2D eigenvalue weighted by Crippen LogP contribution is 2.18. The first-order valence-electron chi connectivity index (χ1n) is 6.57. The quantitative estimate of drug-likeness (QED) is 0.884. The molecule has 1 amide bonds. The zero-order valence-electron chi connectivity index (χ0n) is 12.1. The molecule has 1 aromatic carbocycles. The molecule has 0 radical (unpaired) electrons. The van der Waals surface area contributed by atoms with Gasteiger partial charge in [-0.05, 0) is 17.7 Å². The average molecular weight is 306 g/mol. The van der Waals surface area contributed by atoms with Gasteiger partial charge in [0.25, 0.3) is 5.91 Å². The van der Waals surface area contributed by atoms with Crippen LogP contribution in [0.25, 0.3) is 0 Å². The number of ether oxygens (including phenoxy) is 1. The van der Waals surface area contributed by atoms with E-state index in [1.807, 2.05) is 24.3 Å². The van der Waals surface area contributed by atoms with Gasteiger partial charge in [-0.25, -0.2) is 4.98 Å². The molecule has 0 atom stereocenters. The van der Waals surface area contributed by atoms with Gasteiger partial charge in [0.2, 0.25) is 0 Å². The third-order valence-electron chi connectivity index (χ3n) is 3.07. The van der Waals surface area contributed by atoms with Gasteiger partial charge >= 0.3 is 0 Å². The van der Waals surface area contributed by atoms with E-state index >= 15 is 0 Å². The van der Waals surface area contributed by atoms with E-state index < -0.39 is 0 Å². The number of carbonyl (C=O) groups excluding carboxylic acids is 1. The predicted molar refractivity (Wildman–Crippen MR) is 82.0 cm³/mol. The number of likely N-dealkylation sites (N-methyl/N-ethyl adjacent to an activating group) is 1. The molecular formula is C15H18N2O3S. The van der Waals surface area contributed by atoms with Gasteiger partial charge in [0.05, 0.1) is 18.7 Å². The number of methoxy groups -OCH3 is 1. The van der Waals surface area contributed by atoms with Crippen LogP contribution in [0.5, 0.6) is 5.75 Å². The second-order valence-corrected chi connectivity index (χ2v) is 5.54. The summed E-state index contributed by atoms with van der Waals surface area (Å²) in [5.41, 5.74) is 1.55. The minimum Gasteiger partial charge on any atom is -0.497 e. The molecule has 1 aromatic heterocycles. The summed E-state index contributed by atoms with van der Waals surface area (Å²) in [7, 11) is 3.29. The molecule has 2 aromatic rings. The van der Waals surface area contributed by atoms with Crippen molar-refractivity contribution in [2.45, 2.75) is 6.42 Å². The molecule has 0 spiro atoms. The number of carbonyl (C=O) groups is 1. The minimum absolute atomic E-state index is 0.0505. The van der Waals surface area contributed by atoms with Crippen molar-refractivity contribution in [1.82, 2.24) is 9.88 Å². The number of benzene rings is 1. The molecule has 6 heteroatoms. The first-order valence-corrected chi connectivity index (χ1v) is 7.45. The van der Waals surface area contributed by atoms with Gasteiger partial charge in [0.15, 0.2) is 0 Å². The Morgan fingerprint density at radius 3 is 2.71 bits per heavy atom. The summed E-state index contributed by atoms with van der Waals surface area (Å²) in [5, 5.41) is 11.5. The molecule has 0 aliphatic heterocycles. The van der Waals surface area contributed by atoms with E-state index in [2.05, 4.69) is 4.98 Å². The smallest absolute Gasteiger partial charge is 0.273 e. The lowest BCUT2D eigenvalue weighted by Crippen LogP contribution is -2.29. The number of aliphatic hydroxyl groups excluding tert-OH is 1. The highest BCUT2D eigenvalue weighted by Gasteiger charge is 2.15. The third-order valence-corrected chi connectivity index (χ3v) is 3.92. The van der Waals surface area contributed by atoms with Crippen LogP contribution in [-0.2, 0) is 6.42 Å². The summed E-state index contributed by atoms with van der Waals surface area (Å²) in [5.74, 6) is 0.653. The van der Waals surface area contributed by atoms with Crippen molar-refractivity contribution in [2.24, 2.45) is 0 Å². The lowest BCUT2D eigenvalue weighted by molar-refractivity contribution is 0.0762. The van der Waals surface area contributed by atoms with Gasteiger partial charge in [-0.15, -0.1) is 11.3 Å². The van der Waals surface area contributed by atoms with Gasteiger partial charge in [-0.1, -0.05) is 12.1 Å². The number of hydrogen-bond acceptors (Lipinski definition) is 5. The Balaban J connectivity index is 2.03. The number of amides is 1. The van der Waals surface area contributed by atoms with Crippen molar-refractivity contribution in [3.05, 3.63) is 45.9 Å². The van der Waals surface area contributed by atoms with Gasteiger partial charge in [-0.3, -0.25) is 4.79 Å². The van der Waals surface area contributed by atoms with E-state index in [9.17, 15) is 4.79 Å². The van der Waals surface area contributed by atoms with Crippen LogP contribution >= 0.6 is 11.3 Å². The molecule has 1 N–H and O–H groups in total. The summed E-state index contributed by atoms with van der Waals surface area (Å²) in [4.78, 5) is 17.9. The van der Waals surface area contributed by atoms with Gasteiger partial charge in [0.1, 0.15) is 11.4 Å². The average Bonchev–Trinajstić information content (AvgIpc) is 2.96. The molecule has 0 fully saturated rings. The molecule has 0 unspecified atom stereocenters. The molecule has 5 nitrogen and oxygen atoms in total. The van der Waals surface area contributed by atoms with Crippen LogP contribution in [0, 0.1) is 0 Å². The van der Waals surface area contributed by atoms with E-state index in [-0.39, 0.29) is 12.5 Å². The van der Waals surface area contributed by atoms with Crippen LogP contribution < -0.4 is 4.74 Å². The molecule has 0 bridgehead atoms. The van der Waals surface area contributed by atoms with Crippen molar-refractivity contribution in [1.29, 1.82) is 0 Å². The molecule has 0 saturated carbocycles. The summed E-state index contributed by atoms with van der Waals surface area (Å²) in [6, 6.07) is 7.79. The topological polar surface area (TPSA) is 62.7 Å². The fourth-order valence-electron chi connectivity index (χ4n) is 1.86. The SMILES string of the molecule is COc1ccc(Cc2nc(C(=O)N(C)CCO)cs2)cc1. The summed E-state index contributed by atoms with van der Waals surface area (Å²) in [6.45, 7) is 0.259. The second kappa shape index (κ2) is 7.19. The van der Waals surface area contributed by atoms with Crippen LogP contribution in [-0.4, -0.2) is 48.2 Å². The Kier molecular flexibility index (Phi) is 5.30. The summed E-state index contributed by atoms with van der Waals surface area (Å²) >= 11 is 1.47. The fourth-order valence-corrected chi connectivity index (χ4v) is 2.66. The maximum atomic E-state index is 12.0. The van der Waals surface area contributed by atoms with Crippen molar-refractivity contribution in [3.63, 3.8) is 0 Å². The number of rotatable bonds is 6. The fraction of sp³-hybridized carbons (Fsp3) is 0.333. The molecule has 2 rings (SSSR count). The molecule has 21 heavy (non-hydrogen) atoms. The highest BCUT2D eigenvalue weighted by molar-refractivity contribution is 7.09. The molecule has 0 saturated heterocycles. The van der Waals surface area contributed by atoms with Crippen molar-refractivity contribution < 1.29 is 14.6 Å². The Labute approximate surface area is 127 Å². The van der Waals surface area contributed by atoms with Gasteiger partial charge < -0.3 is 14.7 Å². The van der Waals surface area contributed by atoms with E-state index in [0.29, 0.717) is 18.7 Å². The van der Waals surface area contributed by atoms with E-state index in [1.54, 1.807) is 19.5 Å². The maximum Gasteiger partial charge on any atom is 0.273 e. The number of nitrogens with zero attached hydrogens (tertiary/aromatic N) is 2. The summed E-state index contributed by atoms with van der Waals surface area (Å²) in [6.07, 6.45) is 0.686. The predicted octanol–water partition coefficient (Wildman–Crippen LogP) is 1.81. The lowest BCUT2D eigenvalue weighted by Gasteiger charge is -2.13. The summed E-state index contributed by atoms with van der Waals surface area (Å²) < 4.78 is 5.12. The zero-order valence-corrected chi connectivity index (χ0v) is 12.9. The molecule has 0 aliphatic carbocycles. The van der Waals surface area contributed by atoms with E-state index in [4.69, 9.17) is 9.84 Å². The molecule has 0 aliphatic rings. The number of aromatic nitrogens is 1. The van der Waals surface area contributed by atoms with Gasteiger partial charge in [0, 0.05) is 25.4 Å². The highest BCUT2D eigenvalue weighted by atomic mass is 32.1. The standard InChI is InChI=1S/C15H18N2O3S/c1-17(7-8-18)15(19)13-10-21-14(16-13)9-11-3-5-12(20-2)6-4-11/h3-6,10,18H,7-9H2,1-2H3. The zero-order chi connectivity index (χ0) is 15.2. The first kappa shape index (κ1) is 15.5. The Morgan fingerprint density at radius 2 is 2.10 bits per heavy atom. The Bertz CT molecular complexity index is 595. The maximum absolute atomic E-state index is 12.0. The van der Waals surface area contributed by atoms with Crippen molar-refractivity contribution in [2.75, 3.05) is 27.3 Å². The molecular weight excluding hydrogens is 288 g/mol. The lowest BCUT2D eigenvalue weighted by atomic mass is 10.1. The van der Waals surface area contributed by atoms with Crippen LogP contribution in [0.1, 0.15) is 21.1 Å². The minimum atomic E-state index is -0.165. The van der Waals surface area contributed by atoms with Crippen LogP contribution in [0.15, 0.2) is 29.6 Å². The monoisotopic (exact) mass is 306 g/mol. The van der Waals surface area contributed by atoms with Crippen molar-refractivity contribution in [3.8, 4) is 5.75 Å². The first-order chi connectivity index (χ1) is 10.1. The normalized spacial score (nSPS) is 10.4. The number of thiazole rings is 1. The Morgan fingerprint density at radius 1 is 1.38 bits per heavy atom. The van der Waals surface area contributed by atoms with Gasteiger partial charge in [-0.2, -0.15) is 0 Å². The van der Waals surface area contributed by atoms with Crippen LogP contribution in [0.3, 0.4) is 0 Å². The van der Waals surface area contributed by atoms with Crippen LogP contribution in [0.2, 0.25) is 0 Å². The molecule has 1 heterocycles. The molecule has 112 valence electrons. The van der Waals surface area contributed by atoms with E-state index in [1.165, 1.54) is 16.2 Å². The van der Waals surface area contributed by atoms with Crippen LogP contribution in [0.4, 0.5) is 0 Å². The number of aliphatic hydroxyl groups is 1. The third kappa shape index (κ3) is 4.03. The van der Waals surface area contributed by atoms with E-state index in [0.717, 1.165) is 16.3 Å².